The molecule has 2 heterocycles. The summed E-state index contributed by atoms with van der Waals surface area (Å²) in [6, 6.07) is 16.1. The van der Waals surface area contributed by atoms with Crippen LogP contribution >= 0.6 is 11.8 Å². The smallest absolute Gasteiger partial charge is 0.262 e. The van der Waals surface area contributed by atoms with Gasteiger partial charge in [-0.1, -0.05) is 24.2 Å². The fraction of sp³-hybridized carbons (Fsp3) is 0.353. The monoisotopic (exact) mass is 662 g/mol. The van der Waals surface area contributed by atoms with Gasteiger partial charge in [-0.2, -0.15) is 0 Å². The van der Waals surface area contributed by atoms with E-state index >= 15 is 0 Å². The van der Waals surface area contributed by atoms with Gasteiger partial charge in [0.1, 0.15) is 5.75 Å². The fourth-order valence-corrected chi connectivity index (χ4v) is 5.93. The molecule has 1 aromatic heterocycles. The lowest BCUT2D eigenvalue weighted by Crippen LogP contribution is -2.25. The molecule has 47 heavy (non-hydrogen) atoms. The molecule has 4 aromatic rings. The Balaban J connectivity index is 1.16. The highest BCUT2D eigenvalue weighted by Gasteiger charge is 2.20. The maximum absolute atomic E-state index is 13.7. The van der Waals surface area contributed by atoms with Gasteiger partial charge in [0, 0.05) is 31.3 Å². The van der Waals surface area contributed by atoms with Crippen LogP contribution in [0.3, 0.4) is 0 Å². The van der Waals surface area contributed by atoms with E-state index in [4.69, 9.17) is 28.7 Å². The van der Waals surface area contributed by atoms with Gasteiger partial charge in [0.25, 0.3) is 5.56 Å². The van der Waals surface area contributed by atoms with Crippen LogP contribution in [0.15, 0.2) is 64.5 Å². The standard InChI is InChI=1S/C34H38N4O8S/c1-42-24-11-9-23(10-12-24)36-32(40)20-47-34-37-26-19-30-29(45-21-46-30)18-25(26)33(41)38(34)16-6-4-5-7-31(39)35-15-14-22-8-13-27(43-2)28(17-22)44-3/h8-13,17-19H,4-7,14-16,20-21H2,1-3H3,(H,35,39)(H,36,40). The van der Waals surface area contributed by atoms with Crippen LogP contribution in [0.5, 0.6) is 28.7 Å². The van der Waals surface area contributed by atoms with Crippen molar-refractivity contribution in [2.24, 2.45) is 0 Å². The predicted octanol–water partition coefficient (Wildman–Crippen LogP) is 4.80. The Morgan fingerprint density at radius 3 is 2.40 bits per heavy atom. The lowest BCUT2D eigenvalue weighted by Gasteiger charge is -2.14. The van der Waals surface area contributed by atoms with Crippen LogP contribution in [0.2, 0.25) is 0 Å². The first kappa shape index (κ1) is 33.5. The highest BCUT2D eigenvalue weighted by atomic mass is 32.2. The molecule has 3 aromatic carbocycles. The van der Waals surface area contributed by atoms with E-state index in [1.165, 1.54) is 11.8 Å². The number of fused-ring (bicyclic) bond motifs is 2. The Hall–Kier alpha value is -4.91. The Morgan fingerprint density at radius 2 is 1.66 bits per heavy atom. The number of benzene rings is 3. The van der Waals surface area contributed by atoms with Gasteiger partial charge in [0.2, 0.25) is 18.6 Å². The second kappa shape index (κ2) is 16.1. The van der Waals surface area contributed by atoms with Crippen LogP contribution in [-0.4, -0.2) is 61.8 Å². The van der Waals surface area contributed by atoms with E-state index in [0.717, 1.165) is 12.0 Å². The number of hydrogen-bond donors (Lipinski definition) is 2. The number of nitrogens with one attached hydrogen (secondary N) is 2. The molecule has 0 saturated carbocycles. The molecular formula is C34H38N4O8S. The second-order valence-corrected chi connectivity index (χ2v) is 11.7. The summed E-state index contributed by atoms with van der Waals surface area (Å²) in [5.41, 5.74) is 1.92. The van der Waals surface area contributed by atoms with Crippen LogP contribution in [0, 0.1) is 0 Å². The maximum Gasteiger partial charge on any atom is 0.262 e. The van der Waals surface area contributed by atoms with E-state index in [-0.39, 0.29) is 29.9 Å². The molecule has 2 N–H and O–H groups in total. The first-order valence-electron chi connectivity index (χ1n) is 15.3. The molecule has 0 radical (unpaired) electrons. The third-order valence-electron chi connectivity index (χ3n) is 7.59. The van der Waals surface area contributed by atoms with Gasteiger partial charge in [-0.25, -0.2) is 4.98 Å². The Kier molecular flexibility index (Phi) is 11.4. The van der Waals surface area contributed by atoms with Crippen LogP contribution in [0.25, 0.3) is 10.9 Å². The zero-order chi connectivity index (χ0) is 33.2. The number of thioether (sulfide) groups is 1. The van der Waals surface area contributed by atoms with Crippen molar-refractivity contribution >= 4 is 40.2 Å². The lowest BCUT2D eigenvalue weighted by atomic mass is 10.1. The number of methoxy groups -OCH3 is 3. The number of carbonyl (C=O) groups is 2. The number of unbranched alkanes of at least 4 members (excludes halogenated alkanes) is 2. The average molecular weight is 663 g/mol. The second-order valence-electron chi connectivity index (χ2n) is 10.7. The van der Waals surface area contributed by atoms with Gasteiger partial charge in [0.15, 0.2) is 28.2 Å². The topological polar surface area (TPSA) is 139 Å². The quantitative estimate of drug-likeness (QED) is 0.0977. The molecule has 1 aliphatic rings. The van der Waals surface area contributed by atoms with E-state index < -0.39 is 0 Å². The van der Waals surface area contributed by atoms with Gasteiger partial charge in [-0.3, -0.25) is 19.0 Å². The van der Waals surface area contributed by atoms with Gasteiger partial charge in [0.05, 0.1) is 38.0 Å². The van der Waals surface area contributed by atoms with Crippen molar-refractivity contribution in [1.29, 1.82) is 0 Å². The minimum absolute atomic E-state index is 0.0230. The Bertz CT molecular complexity index is 1780. The molecule has 0 saturated heterocycles. The summed E-state index contributed by atoms with van der Waals surface area (Å²) in [7, 11) is 4.76. The maximum atomic E-state index is 13.7. The largest absolute Gasteiger partial charge is 0.497 e. The molecule has 0 bridgehead atoms. The van der Waals surface area contributed by atoms with E-state index in [2.05, 4.69) is 10.6 Å². The van der Waals surface area contributed by atoms with E-state index in [0.29, 0.717) is 89.3 Å². The summed E-state index contributed by atoms with van der Waals surface area (Å²) in [6.07, 6.45) is 3.11. The highest BCUT2D eigenvalue weighted by molar-refractivity contribution is 7.99. The van der Waals surface area contributed by atoms with Crippen molar-refractivity contribution in [2.75, 3.05) is 45.7 Å². The summed E-state index contributed by atoms with van der Waals surface area (Å²) in [4.78, 5) is 43.6. The first-order chi connectivity index (χ1) is 22.9. The molecule has 0 spiro atoms. The average Bonchev–Trinajstić information content (AvgIpc) is 3.55. The lowest BCUT2D eigenvalue weighted by molar-refractivity contribution is -0.121. The highest BCUT2D eigenvalue weighted by Crippen LogP contribution is 2.35. The summed E-state index contributed by atoms with van der Waals surface area (Å²) in [6.45, 7) is 0.980. The molecule has 12 nitrogen and oxygen atoms in total. The Morgan fingerprint density at radius 1 is 0.894 bits per heavy atom. The van der Waals surface area contributed by atoms with Crippen LogP contribution in [-0.2, 0) is 22.6 Å². The number of aromatic nitrogens is 2. The number of ether oxygens (including phenoxy) is 5. The van der Waals surface area contributed by atoms with Crippen molar-refractivity contribution in [2.45, 2.75) is 43.8 Å². The van der Waals surface area contributed by atoms with Crippen LogP contribution < -0.4 is 39.9 Å². The normalized spacial score (nSPS) is 11.7. The van der Waals surface area contributed by atoms with Gasteiger partial charge in [-0.15, -0.1) is 0 Å². The zero-order valence-corrected chi connectivity index (χ0v) is 27.4. The number of amides is 2. The van der Waals surface area contributed by atoms with Gasteiger partial charge in [-0.05, 0) is 67.3 Å². The molecule has 5 rings (SSSR count). The zero-order valence-electron chi connectivity index (χ0n) is 26.6. The van der Waals surface area contributed by atoms with Gasteiger partial charge < -0.3 is 34.3 Å². The molecule has 0 fully saturated rings. The molecule has 13 heteroatoms. The summed E-state index contributed by atoms with van der Waals surface area (Å²) in [5.74, 6) is 2.83. The molecule has 0 aliphatic carbocycles. The van der Waals surface area contributed by atoms with Crippen LogP contribution in [0.1, 0.15) is 31.2 Å². The van der Waals surface area contributed by atoms with E-state index in [1.807, 2.05) is 18.2 Å². The van der Waals surface area contributed by atoms with Crippen molar-refractivity contribution in [3.63, 3.8) is 0 Å². The Labute approximate surface area is 276 Å². The summed E-state index contributed by atoms with van der Waals surface area (Å²) in [5, 5.41) is 6.67. The SMILES string of the molecule is COc1ccc(NC(=O)CSc2nc3cc4c(cc3c(=O)n2CCCCCC(=O)NCCc2ccc(OC)c(OC)c2)OCO4)cc1. The number of hydrogen-bond acceptors (Lipinski definition) is 10. The minimum atomic E-state index is -0.233. The molecule has 248 valence electrons. The predicted molar refractivity (Wildman–Crippen MR) is 179 cm³/mol. The number of rotatable bonds is 16. The number of carbonyl (C=O) groups excluding carboxylic acids is 2. The molecule has 2 amide bonds. The van der Waals surface area contributed by atoms with Crippen molar-refractivity contribution in [3.05, 3.63) is 70.5 Å². The first-order valence-corrected chi connectivity index (χ1v) is 16.3. The van der Waals surface area contributed by atoms with Gasteiger partial charge >= 0.3 is 0 Å². The van der Waals surface area contributed by atoms with Crippen molar-refractivity contribution in [3.8, 4) is 28.7 Å². The van der Waals surface area contributed by atoms with Crippen LogP contribution in [0.4, 0.5) is 5.69 Å². The molecule has 0 unspecified atom stereocenters. The third kappa shape index (κ3) is 8.67. The van der Waals surface area contributed by atoms with E-state index in [9.17, 15) is 14.4 Å². The number of anilines is 1. The molecular weight excluding hydrogens is 624 g/mol. The third-order valence-corrected chi connectivity index (χ3v) is 8.57. The summed E-state index contributed by atoms with van der Waals surface area (Å²) < 4.78 is 28.3. The van der Waals surface area contributed by atoms with E-state index in [1.54, 1.807) is 62.3 Å². The summed E-state index contributed by atoms with van der Waals surface area (Å²) >= 11 is 1.19. The van der Waals surface area contributed by atoms with Crippen molar-refractivity contribution in [1.82, 2.24) is 14.9 Å². The minimum Gasteiger partial charge on any atom is -0.497 e. The molecule has 0 atom stereocenters. The fourth-order valence-electron chi connectivity index (χ4n) is 5.10. The number of nitrogens with zero attached hydrogens (tertiary/aromatic N) is 2. The molecule has 1 aliphatic heterocycles. The van der Waals surface area contributed by atoms with Crippen molar-refractivity contribution < 1.29 is 33.3 Å².